The zero-order valence-corrected chi connectivity index (χ0v) is 22.2. The molecule has 1 atom stereocenters. The molecule has 36 heavy (non-hydrogen) atoms. The number of ether oxygens (including phenoxy) is 1. The summed E-state index contributed by atoms with van der Waals surface area (Å²) in [6.07, 6.45) is 2.49. The van der Waals surface area contributed by atoms with Gasteiger partial charge in [-0.1, -0.05) is 51.5 Å². The molecule has 2 N–H and O–H groups in total. The van der Waals surface area contributed by atoms with Crippen LogP contribution in [0.3, 0.4) is 0 Å². The highest BCUT2D eigenvalue weighted by molar-refractivity contribution is 7.14. The number of para-hydroxylation sites is 1. The lowest BCUT2D eigenvalue weighted by molar-refractivity contribution is -0.139. The van der Waals surface area contributed by atoms with Crippen LogP contribution in [0.2, 0.25) is 0 Å². The molecular weight excluding hydrogens is 474 g/mol. The monoisotopic (exact) mass is 509 g/mol. The van der Waals surface area contributed by atoms with Crippen molar-refractivity contribution in [3.8, 4) is 17.0 Å². The van der Waals surface area contributed by atoms with Crippen LogP contribution in [0.25, 0.3) is 11.3 Å². The quantitative estimate of drug-likeness (QED) is 0.300. The summed E-state index contributed by atoms with van der Waals surface area (Å²) in [5.74, 6) is -0.436. The number of hydrogen-bond acceptors (Lipinski definition) is 6. The molecule has 1 heterocycles. The molecule has 0 fully saturated rings. The maximum atomic E-state index is 12.6. The molecule has 3 aromatic rings. The van der Waals surface area contributed by atoms with Crippen LogP contribution in [-0.2, 0) is 11.3 Å². The van der Waals surface area contributed by atoms with Crippen LogP contribution in [0.5, 0.6) is 5.75 Å². The van der Waals surface area contributed by atoms with Crippen molar-refractivity contribution in [1.82, 2.24) is 10.3 Å². The number of hydrogen-bond donors (Lipinski definition) is 2. The molecule has 1 amide bonds. The number of amides is 1. The summed E-state index contributed by atoms with van der Waals surface area (Å²) in [7, 11) is 1.66. The van der Waals surface area contributed by atoms with Crippen LogP contribution >= 0.6 is 11.3 Å². The van der Waals surface area contributed by atoms with Gasteiger partial charge in [0.2, 0.25) is 0 Å². The topological polar surface area (TPSA) is 91.8 Å². The van der Waals surface area contributed by atoms with Crippen molar-refractivity contribution in [2.24, 2.45) is 5.92 Å². The van der Waals surface area contributed by atoms with Crippen LogP contribution in [0.15, 0.2) is 53.9 Å². The van der Waals surface area contributed by atoms with Crippen LogP contribution < -0.4 is 15.0 Å². The van der Waals surface area contributed by atoms with Crippen molar-refractivity contribution >= 4 is 28.3 Å². The van der Waals surface area contributed by atoms with Crippen molar-refractivity contribution in [3.05, 3.63) is 65.0 Å². The molecule has 0 radical (unpaired) electrons. The zero-order chi connectivity index (χ0) is 26.1. The highest BCUT2D eigenvalue weighted by Crippen LogP contribution is 2.33. The number of methoxy groups -OCH3 is 1. The van der Waals surface area contributed by atoms with Crippen molar-refractivity contribution in [3.63, 3.8) is 0 Å². The van der Waals surface area contributed by atoms with Crippen molar-refractivity contribution in [2.45, 2.75) is 52.6 Å². The van der Waals surface area contributed by atoms with Gasteiger partial charge in [0.1, 0.15) is 11.8 Å². The van der Waals surface area contributed by atoms with Crippen LogP contribution in [0.4, 0.5) is 5.13 Å². The summed E-state index contributed by atoms with van der Waals surface area (Å²) >= 11 is 1.60. The average Bonchev–Trinajstić information content (AvgIpc) is 3.36. The van der Waals surface area contributed by atoms with E-state index in [1.807, 2.05) is 50.2 Å². The lowest BCUT2D eigenvalue weighted by atomic mass is 10.0. The Hall–Kier alpha value is -3.39. The first-order valence-corrected chi connectivity index (χ1v) is 13.2. The van der Waals surface area contributed by atoms with E-state index < -0.39 is 12.0 Å². The minimum Gasteiger partial charge on any atom is -0.496 e. The van der Waals surface area contributed by atoms with Gasteiger partial charge in [0.25, 0.3) is 5.91 Å². The Balaban J connectivity index is 1.73. The van der Waals surface area contributed by atoms with Crippen molar-refractivity contribution in [2.75, 3.05) is 18.6 Å². The van der Waals surface area contributed by atoms with E-state index in [1.165, 1.54) is 0 Å². The Morgan fingerprint density at radius 3 is 2.50 bits per heavy atom. The normalized spacial score (nSPS) is 11.8. The highest BCUT2D eigenvalue weighted by atomic mass is 32.1. The number of carbonyl (C=O) groups excluding carboxylic acids is 1. The smallest absolute Gasteiger partial charge is 0.326 e. The van der Waals surface area contributed by atoms with Gasteiger partial charge in [-0.25, -0.2) is 9.78 Å². The molecular formula is C28H35N3O4S. The Morgan fingerprint density at radius 2 is 1.86 bits per heavy atom. The fourth-order valence-electron chi connectivity index (χ4n) is 3.90. The van der Waals surface area contributed by atoms with Gasteiger partial charge < -0.3 is 20.1 Å². The number of anilines is 1. The number of aromatic nitrogens is 1. The Labute approximate surface area is 217 Å². The van der Waals surface area contributed by atoms with Crippen LogP contribution in [0.1, 0.15) is 56.0 Å². The van der Waals surface area contributed by atoms with Crippen molar-refractivity contribution in [1.29, 1.82) is 0 Å². The third-order valence-electron chi connectivity index (χ3n) is 5.83. The number of benzene rings is 2. The molecule has 8 heteroatoms. The Kier molecular flexibility index (Phi) is 9.87. The molecule has 3 rings (SSSR count). The number of thiazole rings is 1. The molecule has 1 aromatic heterocycles. The fourth-order valence-corrected chi connectivity index (χ4v) is 4.75. The average molecular weight is 510 g/mol. The van der Waals surface area contributed by atoms with Gasteiger partial charge in [0, 0.05) is 29.6 Å². The van der Waals surface area contributed by atoms with Gasteiger partial charge in [-0.3, -0.25) is 4.79 Å². The largest absolute Gasteiger partial charge is 0.496 e. The van der Waals surface area contributed by atoms with E-state index in [9.17, 15) is 14.7 Å². The lowest BCUT2D eigenvalue weighted by Crippen LogP contribution is -2.41. The summed E-state index contributed by atoms with van der Waals surface area (Å²) in [5, 5.41) is 15.0. The minimum atomic E-state index is -1.02. The van der Waals surface area contributed by atoms with Gasteiger partial charge in [0.05, 0.1) is 12.8 Å². The van der Waals surface area contributed by atoms with Crippen LogP contribution in [-0.4, -0.2) is 41.7 Å². The first kappa shape index (κ1) is 27.2. The third-order valence-corrected chi connectivity index (χ3v) is 6.73. The first-order valence-electron chi connectivity index (χ1n) is 12.3. The third kappa shape index (κ3) is 7.31. The Morgan fingerprint density at radius 1 is 1.14 bits per heavy atom. The molecule has 0 saturated carbocycles. The van der Waals surface area contributed by atoms with Crippen molar-refractivity contribution < 1.29 is 19.4 Å². The predicted octanol–water partition coefficient (Wildman–Crippen LogP) is 5.85. The Bertz CT molecular complexity index is 1140. The molecule has 192 valence electrons. The zero-order valence-electron chi connectivity index (χ0n) is 21.4. The molecule has 0 saturated heterocycles. The van der Waals surface area contributed by atoms with Gasteiger partial charge >= 0.3 is 5.97 Å². The summed E-state index contributed by atoms with van der Waals surface area (Å²) in [6.45, 7) is 7.56. The predicted molar refractivity (Wildman–Crippen MR) is 145 cm³/mol. The summed E-state index contributed by atoms with van der Waals surface area (Å²) in [4.78, 5) is 31.3. The molecule has 2 aromatic carbocycles. The molecule has 0 aliphatic heterocycles. The first-order chi connectivity index (χ1) is 17.3. The number of nitrogens with one attached hydrogen (secondary N) is 1. The van der Waals surface area contributed by atoms with E-state index in [0.29, 0.717) is 18.5 Å². The number of carboxylic acid groups (broad SMARTS) is 1. The number of unbranched alkanes of at least 4 members (excludes halogenated alkanes) is 1. The molecule has 0 aliphatic rings. The molecule has 0 bridgehead atoms. The van der Waals surface area contributed by atoms with Gasteiger partial charge in [-0.05, 0) is 48.6 Å². The number of carbonyl (C=O) groups is 2. The van der Waals surface area contributed by atoms with E-state index in [1.54, 1.807) is 30.6 Å². The van der Waals surface area contributed by atoms with Gasteiger partial charge in [-0.2, -0.15) is 0 Å². The van der Waals surface area contributed by atoms with E-state index in [4.69, 9.17) is 9.72 Å². The second kappa shape index (κ2) is 13.1. The molecule has 1 unspecified atom stereocenters. The maximum absolute atomic E-state index is 12.6. The molecule has 0 spiro atoms. The lowest BCUT2D eigenvalue weighted by Gasteiger charge is -2.22. The number of rotatable bonds is 13. The number of carboxylic acids is 1. The van der Waals surface area contributed by atoms with E-state index in [0.717, 1.165) is 47.1 Å². The van der Waals surface area contributed by atoms with Gasteiger partial charge in [0.15, 0.2) is 5.13 Å². The second-order valence-corrected chi connectivity index (χ2v) is 10.0. The van der Waals surface area contributed by atoms with E-state index >= 15 is 0 Å². The summed E-state index contributed by atoms with van der Waals surface area (Å²) in [6, 6.07) is 14.3. The van der Waals surface area contributed by atoms with E-state index in [2.05, 4.69) is 22.5 Å². The number of nitrogens with zero attached hydrogens (tertiary/aromatic N) is 2. The summed E-state index contributed by atoms with van der Waals surface area (Å²) < 4.78 is 5.50. The molecule has 0 aliphatic carbocycles. The summed E-state index contributed by atoms with van der Waals surface area (Å²) in [5.41, 5.74) is 3.34. The van der Waals surface area contributed by atoms with Gasteiger partial charge in [-0.15, -0.1) is 11.3 Å². The standard InChI is InChI=1S/C28H35N3O4S/c1-5-6-15-31(28-30-24(18-36-28)22-9-7-8-10-25(22)35-4)17-20-11-13-21(14-12-20)26(32)29-23(27(33)34)16-19(2)3/h7-14,18-19,23H,5-6,15-17H2,1-4H3,(H,29,32)(H,33,34). The highest BCUT2D eigenvalue weighted by Gasteiger charge is 2.22. The van der Waals surface area contributed by atoms with Crippen LogP contribution in [0, 0.1) is 5.92 Å². The fraction of sp³-hybridized carbons (Fsp3) is 0.393. The minimum absolute atomic E-state index is 0.164. The molecule has 7 nitrogen and oxygen atoms in total. The van der Waals surface area contributed by atoms with E-state index in [-0.39, 0.29) is 11.8 Å². The maximum Gasteiger partial charge on any atom is 0.326 e. The second-order valence-electron chi connectivity index (χ2n) is 9.18. The SMILES string of the molecule is CCCCN(Cc1ccc(C(=O)NC(CC(C)C)C(=O)O)cc1)c1nc(-c2ccccc2OC)cs1. The number of aliphatic carboxylic acids is 1.